The average Bonchev–Trinajstić information content (AvgIpc) is 2.82. The Balaban J connectivity index is 2.18. The summed E-state index contributed by atoms with van der Waals surface area (Å²) in [5.41, 5.74) is 1.58. The molecule has 0 bridgehead atoms. The van der Waals surface area contributed by atoms with Crippen LogP contribution in [0.15, 0.2) is 39.4 Å². The van der Waals surface area contributed by atoms with Gasteiger partial charge in [-0.2, -0.15) is 0 Å². The van der Waals surface area contributed by atoms with Gasteiger partial charge in [-0.15, -0.1) is 0 Å². The Morgan fingerprint density at radius 3 is 2.63 bits per heavy atom. The fraction of sp³-hybridized carbons (Fsp3) is 0.0769. The lowest BCUT2D eigenvalue weighted by Crippen LogP contribution is -2.11. The lowest BCUT2D eigenvalue weighted by atomic mass is 10.2. The number of benzene rings is 1. The Kier molecular flexibility index (Phi) is 3.71. The maximum atomic E-state index is 11.9. The van der Waals surface area contributed by atoms with Crippen LogP contribution in [0.1, 0.15) is 26.5 Å². The molecule has 0 aliphatic heterocycles. The molecule has 0 fully saturated rings. The van der Waals surface area contributed by atoms with Crippen LogP contribution in [0.25, 0.3) is 0 Å². The second-order valence-electron chi connectivity index (χ2n) is 3.94. The largest absolute Gasteiger partial charge is 0.478 e. The van der Waals surface area contributed by atoms with Gasteiger partial charge in [-0.3, -0.25) is 4.79 Å². The second-order valence-corrected chi connectivity index (χ2v) is 4.80. The first kappa shape index (κ1) is 13.4. The molecular formula is C13H10BrNO4. The van der Waals surface area contributed by atoms with Crippen LogP contribution in [0.2, 0.25) is 0 Å². The van der Waals surface area contributed by atoms with Crippen molar-refractivity contribution in [2.75, 3.05) is 5.32 Å². The van der Waals surface area contributed by atoms with Crippen molar-refractivity contribution in [1.82, 2.24) is 0 Å². The molecule has 0 aliphatic carbocycles. The maximum absolute atomic E-state index is 11.9. The van der Waals surface area contributed by atoms with Crippen molar-refractivity contribution in [3.8, 4) is 0 Å². The number of anilines is 1. The number of carboxylic acid groups (broad SMARTS) is 1. The van der Waals surface area contributed by atoms with Gasteiger partial charge in [0.1, 0.15) is 6.26 Å². The van der Waals surface area contributed by atoms with Crippen LogP contribution in [0, 0.1) is 6.92 Å². The fourth-order valence-corrected chi connectivity index (χ4v) is 2.07. The van der Waals surface area contributed by atoms with E-state index >= 15 is 0 Å². The number of aromatic carboxylic acids is 1. The van der Waals surface area contributed by atoms with E-state index in [0.717, 1.165) is 16.3 Å². The van der Waals surface area contributed by atoms with Crippen molar-refractivity contribution >= 4 is 33.5 Å². The molecule has 0 atom stereocenters. The molecule has 19 heavy (non-hydrogen) atoms. The summed E-state index contributed by atoms with van der Waals surface area (Å²) in [4.78, 5) is 22.6. The van der Waals surface area contributed by atoms with Crippen molar-refractivity contribution in [2.24, 2.45) is 0 Å². The van der Waals surface area contributed by atoms with E-state index in [0.29, 0.717) is 5.69 Å². The molecule has 1 aromatic carbocycles. The van der Waals surface area contributed by atoms with Crippen molar-refractivity contribution < 1.29 is 19.1 Å². The fourth-order valence-electron chi connectivity index (χ4n) is 1.47. The number of carbonyl (C=O) groups is 2. The first-order valence-electron chi connectivity index (χ1n) is 5.36. The number of halogens is 1. The Labute approximate surface area is 117 Å². The summed E-state index contributed by atoms with van der Waals surface area (Å²) >= 11 is 3.34. The Bertz CT molecular complexity index is 648. The van der Waals surface area contributed by atoms with E-state index in [4.69, 9.17) is 9.52 Å². The highest BCUT2D eigenvalue weighted by Gasteiger charge is 2.15. The minimum atomic E-state index is -1.14. The molecule has 0 unspecified atom stereocenters. The lowest BCUT2D eigenvalue weighted by Gasteiger charge is -2.06. The SMILES string of the molecule is Cc1ccc(NC(=O)c2cc(C(=O)O)co2)c(Br)c1. The van der Waals surface area contributed by atoms with Gasteiger partial charge in [-0.05, 0) is 40.5 Å². The maximum Gasteiger partial charge on any atom is 0.338 e. The molecule has 0 saturated heterocycles. The van der Waals surface area contributed by atoms with E-state index in [1.807, 2.05) is 19.1 Å². The van der Waals surface area contributed by atoms with Gasteiger partial charge in [0.05, 0.1) is 11.3 Å². The highest BCUT2D eigenvalue weighted by Crippen LogP contribution is 2.24. The quantitative estimate of drug-likeness (QED) is 0.908. The van der Waals surface area contributed by atoms with Gasteiger partial charge in [0, 0.05) is 10.5 Å². The molecule has 0 aliphatic rings. The first-order valence-corrected chi connectivity index (χ1v) is 6.16. The number of carboxylic acids is 1. The molecule has 2 N–H and O–H groups in total. The number of furan rings is 1. The zero-order valence-electron chi connectivity index (χ0n) is 9.94. The minimum Gasteiger partial charge on any atom is -0.478 e. The monoisotopic (exact) mass is 323 g/mol. The highest BCUT2D eigenvalue weighted by atomic mass is 79.9. The van der Waals surface area contributed by atoms with Gasteiger partial charge in [-0.25, -0.2) is 4.79 Å². The molecular weight excluding hydrogens is 314 g/mol. The van der Waals surface area contributed by atoms with Gasteiger partial charge in [0.2, 0.25) is 0 Å². The number of rotatable bonds is 3. The average molecular weight is 324 g/mol. The third kappa shape index (κ3) is 3.03. The summed E-state index contributed by atoms with van der Waals surface area (Å²) in [5, 5.41) is 11.4. The summed E-state index contributed by atoms with van der Waals surface area (Å²) < 4.78 is 5.66. The van der Waals surface area contributed by atoms with E-state index in [2.05, 4.69) is 21.2 Å². The minimum absolute atomic E-state index is 0.0510. The van der Waals surface area contributed by atoms with E-state index in [9.17, 15) is 9.59 Å². The van der Waals surface area contributed by atoms with Gasteiger partial charge >= 0.3 is 5.97 Å². The molecule has 2 aromatic rings. The van der Waals surface area contributed by atoms with Crippen LogP contribution < -0.4 is 5.32 Å². The third-order valence-corrected chi connectivity index (χ3v) is 3.10. The van der Waals surface area contributed by atoms with E-state index in [-0.39, 0.29) is 11.3 Å². The summed E-state index contributed by atoms with van der Waals surface area (Å²) in [7, 11) is 0. The predicted octanol–water partition coefficient (Wildman–Crippen LogP) is 3.30. The molecule has 6 heteroatoms. The number of hydrogen-bond donors (Lipinski definition) is 2. The first-order chi connectivity index (χ1) is 8.97. The molecule has 98 valence electrons. The van der Waals surface area contributed by atoms with Crippen molar-refractivity contribution in [3.63, 3.8) is 0 Å². The Morgan fingerprint density at radius 1 is 1.32 bits per heavy atom. The van der Waals surface area contributed by atoms with Gasteiger partial charge in [-0.1, -0.05) is 6.07 Å². The second kappa shape index (κ2) is 5.27. The molecule has 0 radical (unpaired) electrons. The predicted molar refractivity (Wildman–Crippen MR) is 72.5 cm³/mol. The number of nitrogens with one attached hydrogen (secondary N) is 1. The molecule has 1 amide bonds. The van der Waals surface area contributed by atoms with Crippen LogP contribution in [0.5, 0.6) is 0 Å². The van der Waals surface area contributed by atoms with Crippen molar-refractivity contribution in [3.05, 3.63) is 51.9 Å². The highest BCUT2D eigenvalue weighted by molar-refractivity contribution is 9.10. The molecule has 0 saturated carbocycles. The van der Waals surface area contributed by atoms with Crippen LogP contribution in [-0.4, -0.2) is 17.0 Å². The van der Waals surface area contributed by atoms with Gasteiger partial charge in [0.15, 0.2) is 5.76 Å². The zero-order chi connectivity index (χ0) is 14.0. The molecule has 0 spiro atoms. The zero-order valence-corrected chi connectivity index (χ0v) is 11.5. The summed E-state index contributed by atoms with van der Waals surface area (Å²) in [6, 6.07) is 6.64. The molecule has 5 nitrogen and oxygen atoms in total. The van der Waals surface area contributed by atoms with Crippen molar-refractivity contribution in [1.29, 1.82) is 0 Å². The number of hydrogen-bond acceptors (Lipinski definition) is 3. The third-order valence-electron chi connectivity index (χ3n) is 2.44. The number of carbonyl (C=O) groups excluding carboxylic acids is 1. The van der Waals surface area contributed by atoms with E-state index < -0.39 is 11.9 Å². The summed E-state index contributed by atoms with van der Waals surface area (Å²) in [6.45, 7) is 1.93. The Hall–Kier alpha value is -2.08. The summed E-state index contributed by atoms with van der Waals surface area (Å²) in [6.07, 6.45) is 1.03. The van der Waals surface area contributed by atoms with Crippen LogP contribution >= 0.6 is 15.9 Å². The molecule has 1 heterocycles. The van der Waals surface area contributed by atoms with Crippen molar-refractivity contribution in [2.45, 2.75) is 6.92 Å². The summed E-state index contributed by atoms with van der Waals surface area (Å²) in [5.74, 6) is -1.69. The molecule has 1 aromatic heterocycles. The number of aryl methyl sites for hydroxylation is 1. The van der Waals surface area contributed by atoms with Gasteiger partial charge < -0.3 is 14.8 Å². The van der Waals surface area contributed by atoms with Crippen LogP contribution in [0.4, 0.5) is 5.69 Å². The van der Waals surface area contributed by atoms with Crippen LogP contribution in [0.3, 0.4) is 0 Å². The van der Waals surface area contributed by atoms with Crippen LogP contribution in [-0.2, 0) is 0 Å². The van der Waals surface area contributed by atoms with E-state index in [1.54, 1.807) is 6.07 Å². The topological polar surface area (TPSA) is 79.5 Å². The van der Waals surface area contributed by atoms with E-state index in [1.165, 1.54) is 6.07 Å². The number of amides is 1. The van der Waals surface area contributed by atoms with Gasteiger partial charge in [0.25, 0.3) is 5.91 Å². The normalized spacial score (nSPS) is 10.2. The Morgan fingerprint density at radius 2 is 2.05 bits per heavy atom. The standard InChI is InChI=1S/C13H10BrNO4/c1-7-2-3-10(9(14)4-7)15-12(16)11-5-8(6-19-11)13(17)18/h2-6H,1H3,(H,15,16)(H,17,18). The molecule has 2 rings (SSSR count). The smallest absolute Gasteiger partial charge is 0.338 e. The lowest BCUT2D eigenvalue weighted by molar-refractivity contribution is 0.0696.